The minimum Gasteiger partial charge on any atom is -0.323 e. The lowest BCUT2D eigenvalue weighted by Gasteiger charge is -2.10. The van der Waals surface area contributed by atoms with Gasteiger partial charge in [0, 0.05) is 23.9 Å². The highest BCUT2D eigenvalue weighted by Crippen LogP contribution is 2.27. The number of hydrogen-bond donors (Lipinski definition) is 2. The van der Waals surface area contributed by atoms with Gasteiger partial charge >= 0.3 is 0 Å². The summed E-state index contributed by atoms with van der Waals surface area (Å²) in [6, 6.07) is 8.08. The van der Waals surface area contributed by atoms with Crippen molar-refractivity contribution < 1.29 is 14.0 Å². The largest absolute Gasteiger partial charge is 0.323 e. The van der Waals surface area contributed by atoms with Crippen LogP contribution < -0.4 is 10.6 Å². The quantitative estimate of drug-likeness (QED) is 0.401. The Hall–Kier alpha value is -3.44. The number of amides is 2. The first-order chi connectivity index (χ1) is 16.6. The fraction of sp³-hybridized carbons (Fsp3) is 0.261. The molecule has 5 rings (SSSR count). The van der Waals surface area contributed by atoms with Crippen molar-refractivity contribution in [2.75, 3.05) is 10.6 Å². The molecule has 0 fully saturated rings. The molecule has 4 heterocycles. The summed E-state index contributed by atoms with van der Waals surface area (Å²) < 4.78 is 16.6. The van der Waals surface area contributed by atoms with Gasteiger partial charge in [0.1, 0.15) is 11.6 Å². The highest BCUT2D eigenvalue weighted by molar-refractivity contribution is 7.14. The third-order valence-corrected chi connectivity index (χ3v) is 7.14. The number of benzene rings is 1. The van der Waals surface area contributed by atoms with Crippen LogP contribution in [0.25, 0.3) is 11.4 Å². The minimum atomic E-state index is -0.533. The van der Waals surface area contributed by atoms with E-state index in [9.17, 15) is 14.0 Å². The number of hydrogen-bond acceptors (Lipinski definition) is 7. The van der Waals surface area contributed by atoms with Crippen molar-refractivity contribution in [1.82, 2.24) is 19.7 Å². The Kier molecular flexibility index (Phi) is 6.45. The van der Waals surface area contributed by atoms with Crippen molar-refractivity contribution in [3.05, 3.63) is 63.3 Å². The normalized spacial score (nSPS) is 13.2. The molecule has 0 bridgehead atoms. The first-order valence-electron chi connectivity index (χ1n) is 10.9. The molecule has 0 radical (unpaired) electrons. The third-order valence-electron chi connectivity index (χ3n) is 5.47. The van der Waals surface area contributed by atoms with Crippen LogP contribution in [-0.2, 0) is 24.2 Å². The van der Waals surface area contributed by atoms with E-state index in [4.69, 9.17) is 0 Å². The SMILES string of the molecule is O=C(Cc1csc(NC(=O)c2cccs2)n1)Nc1cc(-c2nnc3n2CCCCC3)ccc1F. The van der Waals surface area contributed by atoms with Crippen LogP contribution in [0, 0.1) is 5.82 Å². The molecule has 174 valence electrons. The zero-order valence-corrected chi connectivity index (χ0v) is 19.7. The van der Waals surface area contributed by atoms with Gasteiger partial charge in [0.15, 0.2) is 11.0 Å². The molecule has 0 aliphatic carbocycles. The molecular formula is C23H21FN6O2S2. The predicted molar refractivity (Wildman–Crippen MR) is 130 cm³/mol. The van der Waals surface area contributed by atoms with Gasteiger partial charge in [0.05, 0.1) is 22.7 Å². The highest BCUT2D eigenvalue weighted by Gasteiger charge is 2.18. The van der Waals surface area contributed by atoms with Gasteiger partial charge in [-0.25, -0.2) is 9.37 Å². The molecular weight excluding hydrogens is 475 g/mol. The molecule has 0 atom stereocenters. The average molecular weight is 497 g/mol. The maximum absolute atomic E-state index is 14.5. The number of nitrogens with zero attached hydrogens (tertiary/aromatic N) is 4. The van der Waals surface area contributed by atoms with Crippen LogP contribution in [0.4, 0.5) is 15.2 Å². The van der Waals surface area contributed by atoms with Crippen LogP contribution in [0.1, 0.15) is 40.5 Å². The average Bonchev–Trinajstić information content (AvgIpc) is 3.55. The number of aromatic nitrogens is 4. The van der Waals surface area contributed by atoms with E-state index in [1.807, 2.05) is 5.38 Å². The van der Waals surface area contributed by atoms with E-state index in [-0.39, 0.29) is 18.0 Å². The van der Waals surface area contributed by atoms with Gasteiger partial charge in [-0.1, -0.05) is 12.5 Å². The van der Waals surface area contributed by atoms with Crippen molar-refractivity contribution in [3.8, 4) is 11.4 Å². The molecule has 11 heteroatoms. The molecule has 1 aliphatic rings. The Morgan fingerprint density at radius 1 is 1.09 bits per heavy atom. The number of halogens is 1. The minimum absolute atomic E-state index is 0.0463. The van der Waals surface area contributed by atoms with Gasteiger partial charge in [-0.2, -0.15) is 0 Å². The first kappa shape index (κ1) is 22.4. The van der Waals surface area contributed by atoms with Gasteiger partial charge in [-0.15, -0.1) is 32.9 Å². The van der Waals surface area contributed by atoms with Gasteiger partial charge in [0.2, 0.25) is 5.91 Å². The predicted octanol–water partition coefficient (Wildman–Crippen LogP) is 4.76. The van der Waals surface area contributed by atoms with Gasteiger partial charge in [-0.3, -0.25) is 14.9 Å². The zero-order valence-electron chi connectivity index (χ0n) is 18.1. The molecule has 8 nitrogen and oxygen atoms in total. The summed E-state index contributed by atoms with van der Waals surface area (Å²) >= 11 is 2.57. The van der Waals surface area contributed by atoms with Crippen molar-refractivity contribution in [3.63, 3.8) is 0 Å². The number of rotatable bonds is 6. The van der Waals surface area contributed by atoms with Crippen LogP contribution in [0.5, 0.6) is 0 Å². The highest BCUT2D eigenvalue weighted by atomic mass is 32.1. The maximum atomic E-state index is 14.5. The maximum Gasteiger partial charge on any atom is 0.267 e. The molecule has 0 saturated heterocycles. The fourth-order valence-corrected chi connectivity index (χ4v) is 5.15. The van der Waals surface area contributed by atoms with Crippen LogP contribution in [0.3, 0.4) is 0 Å². The first-order valence-corrected chi connectivity index (χ1v) is 12.6. The summed E-state index contributed by atoms with van der Waals surface area (Å²) in [4.78, 5) is 29.6. The second-order valence-electron chi connectivity index (χ2n) is 7.90. The van der Waals surface area contributed by atoms with Crippen LogP contribution in [0.2, 0.25) is 0 Å². The number of anilines is 2. The van der Waals surface area contributed by atoms with Gasteiger partial charge in [-0.05, 0) is 42.5 Å². The smallest absolute Gasteiger partial charge is 0.267 e. The van der Waals surface area contributed by atoms with Crippen LogP contribution in [0.15, 0.2) is 41.1 Å². The molecule has 2 amide bonds. The molecule has 4 aromatic rings. The summed E-state index contributed by atoms with van der Waals surface area (Å²) in [5.41, 5.74) is 1.27. The van der Waals surface area contributed by atoms with Crippen molar-refractivity contribution >= 4 is 45.3 Å². The lowest BCUT2D eigenvalue weighted by atomic mass is 10.1. The number of nitrogens with one attached hydrogen (secondary N) is 2. The number of thiophene rings is 1. The Bertz CT molecular complexity index is 1330. The van der Waals surface area contributed by atoms with E-state index < -0.39 is 11.7 Å². The number of carbonyl (C=O) groups is 2. The Labute approximate surface area is 202 Å². The summed E-state index contributed by atoms with van der Waals surface area (Å²) in [7, 11) is 0. The van der Waals surface area contributed by atoms with Gasteiger partial charge in [0.25, 0.3) is 5.91 Å². The van der Waals surface area contributed by atoms with Crippen molar-refractivity contribution in [1.29, 1.82) is 0 Å². The molecule has 1 aromatic carbocycles. The van der Waals surface area contributed by atoms with Gasteiger partial charge < -0.3 is 9.88 Å². The molecule has 0 unspecified atom stereocenters. The molecule has 0 saturated carbocycles. The van der Waals surface area contributed by atoms with E-state index in [0.717, 1.165) is 38.1 Å². The lowest BCUT2D eigenvalue weighted by Crippen LogP contribution is -2.16. The van der Waals surface area contributed by atoms with E-state index >= 15 is 0 Å². The third kappa shape index (κ3) is 4.90. The Morgan fingerprint density at radius 3 is 2.85 bits per heavy atom. The van der Waals surface area contributed by atoms with E-state index in [2.05, 4.69) is 30.4 Å². The number of fused-ring (bicyclic) bond motifs is 1. The standard InChI is InChI=1S/C23H21FN6O2S2/c24-16-8-7-14(21-29-28-19-6-2-1-3-9-30(19)21)11-17(16)26-20(31)12-15-13-34-23(25-15)27-22(32)18-5-4-10-33-18/h4-5,7-8,10-11,13H,1-3,6,9,12H2,(H,26,31)(H,25,27,32). The van der Waals surface area contributed by atoms with Crippen molar-refractivity contribution in [2.24, 2.45) is 0 Å². The van der Waals surface area contributed by atoms with Crippen LogP contribution >= 0.6 is 22.7 Å². The second-order valence-corrected chi connectivity index (χ2v) is 9.70. The molecule has 2 N–H and O–H groups in total. The fourth-order valence-electron chi connectivity index (χ4n) is 3.83. The molecule has 0 spiro atoms. The summed E-state index contributed by atoms with van der Waals surface area (Å²) in [6.45, 7) is 0.825. The second kappa shape index (κ2) is 9.82. The summed E-state index contributed by atoms with van der Waals surface area (Å²) in [5, 5.41) is 17.9. The molecule has 34 heavy (non-hydrogen) atoms. The Balaban J connectivity index is 1.26. The zero-order chi connectivity index (χ0) is 23.5. The van der Waals surface area contributed by atoms with E-state index in [1.54, 1.807) is 29.6 Å². The number of carbonyl (C=O) groups excluding carboxylic acids is 2. The van der Waals surface area contributed by atoms with Crippen LogP contribution in [-0.4, -0.2) is 31.6 Å². The summed E-state index contributed by atoms with van der Waals surface area (Å²) in [5.74, 6) is 0.434. The lowest BCUT2D eigenvalue weighted by molar-refractivity contribution is -0.115. The Morgan fingerprint density at radius 2 is 2.00 bits per heavy atom. The summed E-state index contributed by atoms with van der Waals surface area (Å²) in [6.07, 6.45) is 4.10. The molecule has 3 aromatic heterocycles. The van der Waals surface area contributed by atoms with E-state index in [1.165, 1.54) is 28.7 Å². The monoisotopic (exact) mass is 496 g/mol. The number of thiazole rings is 1. The topological polar surface area (TPSA) is 102 Å². The van der Waals surface area contributed by atoms with Crippen molar-refractivity contribution in [2.45, 2.75) is 38.6 Å². The van der Waals surface area contributed by atoms with E-state index in [0.29, 0.717) is 27.1 Å². The number of aryl methyl sites for hydroxylation is 1. The molecule has 1 aliphatic heterocycles.